The van der Waals surface area contributed by atoms with E-state index in [4.69, 9.17) is 0 Å². The van der Waals surface area contributed by atoms with E-state index < -0.39 is 5.82 Å². The molecule has 2 rings (SSSR count). The summed E-state index contributed by atoms with van der Waals surface area (Å²) in [6.07, 6.45) is 0. The SMILES string of the molecule is CN(Cc1ccc(Br)s1)C(=O)Nc1ccc(Br)cc1F. The number of carbonyl (C=O) groups is 1. The maximum absolute atomic E-state index is 13.6. The molecule has 1 aromatic heterocycles. The molecule has 0 aliphatic carbocycles. The highest BCUT2D eigenvalue weighted by molar-refractivity contribution is 9.11. The topological polar surface area (TPSA) is 32.3 Å². The highest BCUT2D eigenvalue weighted by Gasteiger charge is 2.12. The summed E-state index contributed by atoms with van der Waals surface area (Å²) in [6, 6.07) is 8.03. The Morgan fingerprint density at radius 3 is 2.70 bits per heavy atom. The third kappa shape index (κ3) is 4.04. The van der Waals surface area contributed by atoms with Crippen LogP contribution in [0.25, 0.3) is 0 Å². The largest absolute Gasteiger partial charge is 0.322 e. The van der Waals surface area contributed by atoms with E-state index in [-0.39, 0.29) is 11.7 Å². The van der Waals surface area contributed by atoms with Crippen molar-refractivity contribution < 1.29 is 9.18 Å². The number of benzene rings is 1. The summed E-state index contributed by atoms with van der Waals surface area (Å²) >= 11 is 8.11. The number of urea groups is 1. The number of halogens is 3. The Hall–Kier alpha value is -0.920. The zero-order chi connectivity index (χ0) is 14.7. The lowest BCUT2D eigenvalue weighted by Gasteiger charge is -2.17. The molecule has 0 spiro atoms. The molecule has 0 aliphatic rings. The summed E-state index contributed by atoms with van der Waals surface area (Å²) in [7, 11) is 1.67. The molecule has 0 aliphatic heterocycles. The van der Waals surface area contributed by atoms with Gasteiger partial charge in [-0.3, -0.25) is 0 Å². The second-order valence-corrected chi connectivity index (χ2v) is 7.58. The third-order valence-electron chi connectivity index (χ3n) is 2.54. The predicted molar refractivity (Wildman–Crippen MR) is 86.6 cm³/mol. The van der Waals surface area contributed by atoms with Crippen molar-refractivity contribution in [2.24, 2.45) is 0 Å². The van der Waals surface area contributed by atoms with Gasteiger partial charge in [0.15, 0.2) is 0 Å². The number of nitrogens with one attached hydrogen (secondary N) is 1. The number of nitrogens with zero attached hydrogens (tertiary/aromatic N) is 1. The van der Waals surface area contributed by atoms with Gasteiger partial charge in [0.05, 0.1) is 16.0 Å². The van der Waals surface area contributed by atoms with Crippen LogP contribution in [0.5, 0.6) is 0 Å². The molecule has 1 N–H and O–H groups in total. The Balaban J connectivity index is 2.00. The zero-order valence-electron chi connectivity index (χ0n) is 10.5. The van der Waals surface area contributed by atoms with Crippen molar-refractivity contribution in [1.29, 1.82) is 0 Å². The molecule has 1 heterocycles. The molecular formula is C13H11Br2FN2OS. The molecule has 0 radical (unpaired) electrons. The monoisotopic (exact) mass is 420 g/mol. The van der Waals surface area contributed by atoms with E-state index in [0.717, 1.165) is 8.66 Å². The van der Waals surface area contributed by atoms with Gasteiger partial charge in [0.25, 0.3) is 0 Å². The van der Waals surface area contributed by atoms with Gasteiger partial charge in [0, 0.05) is 16.4 Å². The van der Waals surface area contributed by atoms with Gasteiger partial charge in [-0.1, -0.05) is 15.9 Å². The van der Waals surface area contributed by atoms with E-state index in [9.17, 15) is 9.18 Å². The minimum absolute atomic E-state index is 0.164. The smallest absolute Gasteiger partial charge is 0.321 e. The van der Waals surface area contributed by atoms with E-state index in [1.165, 1.54) is 17.0 Å². The van der Waals surface area contributed by atoms with Gasteiger partial charge in [-0.25, -0.2) is 9.18 Å². The first-order chi connectivity index (χ1) is 9.45. The molecule has 20 heavy (non-hydrogen) atoms. The molecule has 0 bridgehead atoms. The quantitative estimate of drug-likeness (QED) is 0.736. The first kappa shape index (κ1) is 15.5. The lowest BCUT2D eigenvalue weighted by molar-refractivity contribution is 0.221. The highest BCUT2D eigenvalue weighted by atomic mass is 79.9. The van der Waals surface area contributed by atoms with Crippen molar-refractivity contribution in [3.63, 3.8) is 0 Å². The Labute approximate surface area is 137 Å². The van der Waals surface area contributed by atoms with Crippen LogP contribution in [-0.4, -0.2) is 18.0 Å². The number of hydrogen-bond donors (Lipinski definition) is 1. The van der Waals surface area contributed by atoms with Crippen molar-refractivity contribution in [3.05, 3.63) is 49.3 Å². The summed E-state index contributed by atoms with van der Waals surface area (Å²) in [5, 5.41) is 2.55. The molecule has 0 saturated heterocycles. The van der Waals surface area contributed by atoms with Crippen LogP contribution in [0.2, 0.25) is 0 Å². The highest BCUT2D eigenvalue weighted by Crippen LogP contribution is 2.23. The Morgan fingerprint density at radius 1 is 1.35 bits per heavy atom. The molecule has 7 heteroatoms. The summed E-state index contributed by atoms with van der Waals surface area (Å²) in [6.45, 7) is 0.472. The van der Waals surface area contributed by atoms with Crippen molar-refractivity contribution >= 4 is 54.9 Å². The number of carbonyl (C=O) groups excluding carboxylic acids is 1. The van der Waals surface area contributed by atoms with Crippen LogP contribution in [0.3, 0.4) is 0 Å². The molecular weight excluding hydrogens is 411 g/mol. The standard InChI is InChI=1S/C13H11Br2FN2OS/c1-18(7-9-3-5-12(15)20-9)13(19)17-11-4-2-8(14)6-10(11)16/h2-6H,7H2,1H3,(H,17,19). The minimum atomic E-state index is -0.472. The van der Waals surface area contributed by atoms with Gasteiger partial charge >= 0.3 is 6.03 Å². The summed E-state index contributed by atoms with van der Waals surface area (Å²) in [4.78, 5) is 14.5. The van der Waals surface area contributed by atoms with Crippen molar-refractivity contribution in [2.75, 3.05) is 12.4 Å². The maximum atomic E-state index is 13.6. The average Bonchev–Trinajstić information content (AvgIpc) is 2.78. The fraction of sp³-hybridized carbons (Fsp3) is 0.154. The predicted octanol–water partition coefficient (Wildman–Crippen LogP) is 5.08. The summed E-state index contributed by atoms with van der Waals surface area (Å²) < 4.78 is 15.3. The van der Waals surface area contributed by atoms with Crippen LogP contribution in [0.15, 0.2) is 38.6 Å². The fourth-order valence-electron chi connectivity index (χ4n) is 1.54. The van der Waals surface area contributed by atoms with Gasteiger partial charge < -0.3 is 10.2 Å². The average molecular weight is 422 g/mol. The van der Waals surface area contributed by atoms with Crippen LogP contribution < -0.4 is 5.32 Å². The van der Waals surface area contributed by atoms with Gasteiger partial charge in [-0.15, -0.1) is 11.3 Å². The van der Waals surface area contributed by atoms with Gasteiger partial charge in [0.1, 0.15) is 5.82 Å². The third-order valence-corrected chi connectivity index (χ3v) is 4.64. The van der Waals surface area contributed by atoms with Gasteiger partial charge in [-0.05, 0) is 46.3 Å². The minimum Gasteiger partial charge on any atom is -0.322 e. The molecule has 106 valence electrons. The fourth-order valence-corrected chi connectivity index (χ4v) is 3.41. The summed E-state index contributed by atoms with van der Waals surface area (Å²) in [5.41, 5.74) is 0.164. The van der Waals surface area contributed by atoms with Crippen LogP contribution in [-0.2, 0) is 6.54 Å². The number of rotatable bonds is 3. The Morgan fingerprint density at radius 2 is 2.10 bits per heavy atom. The Bertz CT molecular complexity index is 633. The van der Waals surface area contributed by atoms with Crippen LogP contribution in [0.1, 0.15) is 4.88 Å². The Kier molecular flexibility index (Phi) is 5.17. The molecule has 2 aromatic rings. The zero-order valence-corrected chi connectivity index (χ0v) is 14.5. The van der Waals surface area contributed by atoms with E-state index in [1.807, 2.05) is 12.1 Å². The van der Waals surface area contributed by atoms with Crippen molar-refractivity contribution in [3.8, 4) is 0 Å². The molecule has 3 nitrogen and oxygen atoms in total. The normalized spacial score (nSPS) is 10.4. The van der Waals surface area contributed by atoms with Crippen molar-refractivity contribution in [2.45, 2.75) is 6.54 Å². The molecule has 0 saturated carbocycles. The van der Waals surface area contributed by atoms with Crippen LogP contribution in [0.4, 0.5) is 14.9 Å². The number of hydrogen-bond acceptors (Lipinski definition) is 2. The molecule has 2 amide bonds. The lowest BCUT2D eigenvalue weighted by Crippen LogP contribution is -2.30. The molecule has 0 fully saturated rings. The van der Waals surface area contributed by atoms with Crippen LogP contribution in [0, 0.1) is 5.82 Å². The molecule has 0 unspecified atom stereocenters. The second kappa shape index (κ2) is 6.69. The van der Waals surface area contributed by atoms with E-state index in [2.05, 4.69) is 37.2 Å². The van der Waals surface area contributed by atoms with Crippen molar-refractivity contribution in [1.82, 2.24) is 4.90 Å². The first-order valence-corrected chi connectivity index (χ1v) is 8.07. The second-order valence-electron chi connectivity index (χ2n) is 4.12. The first-order valence-electron chi connectivity index (χ1n) is 5.67. The lowest BCUT2D eigenvalue weighted by atomic mass is 10.3. The van der Waals surface area contributed by atoms with Crippen LogP contribution >= 0.6 is 43.2 Å². The molecule has 1 aromatic carbocycles. The van der Waals surface area contributed by atoms with Gasteiger partial charge in [-0.2, -0.15) is 0 Å². The van der Waals surface area contributed by atoms with E-state index in [1.54, 1.807) is 24.5 Å². The number of anilines is 1. The summed E-state index contributed by atoms with van der Waals surface area (Å²) in [5.74, 6) is -0.472. The maximum Gasteiger partial charge on any atom is 0.321 e. The molecule has 0 atom stereocenters. The van der Waals surface area contributed by atoms with Gasteiger partial charge in [0.2, 0.25) is 0 Å². The number of amides is 2. The van der Waals surface area contributed by atoms with E-state index in [0.29, 0.717) is 11.0 Å². The van der Waals surface area contributed by atoms with E-state index >= 15 is 0 Å². The number of thiophene rings is 1.